The maximum atomic E-state index is 13.3. The molecule has 0 aliphatic heterocycles. The molecule has 3 aromatic rings. The summed E-state index contributed by atoms with van der Waals surface area (Å²) in [6.07, 6.45) is -8.97. The van der Waals surface area contributed by atoms with Crippen molar-refractivity contribution in [2.45, 2.75) is 39.2 Å². The van der Waals surface area contributed by atoms with E-state index < -0.39 is 39.0 Å². The van der Waals surface area contributed by atoms with Crippen LogP contribution in [0.25, 0.3) is 10.9 Å². The highest BCUT2D eigenvalue weighted by Crippen LogP contribution is 2.35. The fourth-order valence-electron chi connectivity index (χ4n) is 3.52. The molecule has 33 heavy (non-hydrogen) atoms. The predicted octanol–water partition coefficient (Wildman–Crippen LogP) is 6.33. The van der Waals surface area contributed by atoms with Gasteiger partial charge in [-0.1, -0.05) is 12.1 Å². The van der Waals surface area contributed by atoms with E-state index in [1.54, 1.807) is 19.9 Å². The highest BCUT2D eigenvalue weighted by Gasteiger charge is 2.33. The van der Waals surface area contributed by atoms with Crippen molar-refractivity contribution in [2.24, 2.45) is 0 Å². The van der Waals surface area contributed by atoms with Crippen LogP contribution in [0.4, 0.5) is 37.8 Å². The van der Waals surface area contributed by atoms with Crippen LogP contribution in [0.2, 0.25) is 0 Å². The maximum Gasteiger partial charge on any atom is 0.416 e. The Labute approximate surface area is 186 Å². The fraction of sp³-hybridized carbons (Fsp3) is 0.333. The number of fused-ring (bicyclic) bond motifs is 1. The van der Waals surface area contributed by atoms with Crippen LogP contribution in [0, 0.1) is 13.8 Å². The SMILES string of the molecule is Cc1nc(NC(C)c2cccc(C(F)(F)F)c2C)c2cc(P=O)c(NCC(F)(F)F)cc2n1. The van der Waals surface area contributed by atoms with Crippen molar-refractivity contribution in [3.63, 3.8) is 0 Å². The second-order valence-electron chi connectivity index (χ2n) is 7.45. The Morgan fingerprint density at radius 3 is 2.36 bits per heavy atom. The number of aryl methyl sites for hydroxylation is 1. The molecule has 12 heteroatoms. The maximum absolute atomic E-state index is 13.3. The molecule has 0 radical (unpaired) electrons. The Morgan fingerprint density at radius 1 is 1.06 bits per heavy atom. The number of anilines is 2. The van der Waals surface area contributed by atoms with Crippen molar-refractivity contribution in [3.05, 3.63) is 52.8 Å². The standard InChI is InChI=1S/C21H19F6N4OP/c1-10-13(5-4-6-15(10)21(25,26)27)11(2)29-19-14-7-18(33-32)17(28-9-20(22,23)24)8-16(14)30-12(3)31-19/h4-8,11,28H,9H2,1-3H3,(H,29,30,31). The Balaban J connectivity index is 2.03. The Kier molecular flexibility index (Phi) is 6.83. The van der Waals surface area contributed by atoms with Gasteiger partial charge < -0.3 is 10.6 Å². The second kappa shape index (κ2) is 9.13. The molecule has 0 aliphatic carbocycles. The van der Waals surface area contributed by atoms with Gasteiger partial charge in [0.15, 0.2) is 8.46 Å². The zero-order valence-corrected chi connectivity index (χ0v) is 18.6. The number of nitrogens with zero attached hydrogens (tertiary/aromatic N) is 2. The number of rotatable bonds is 6. The lowest BCUT2D eigenvalue weighted by molar-refractivity contribution is -0.138. The summed E-state index contributed by atoms with van der Waals surface area (Å²) in [6.45, 7) is 3.31. The minimum absolute atomic E-state index is 0.00214. The molecule has 0 saturated heterocycles. The Bertz CT molecular complexity index is 1200. The monoisotopic (exact) mass is 488 g/mol. The minimum atomic E-state index is -4.50. The molecule has 0 spiro atoms. The highest BCUT2D eigenvalue weighted by atomic mass is 31.1. The number of alkyl halides is 6. The average Bonchev–Trinajstić information content (AvgIpc) is 2.70. The van der Waals surface area contributed by atoms with E-state index in [4.69, 9.17) is 0 Å². The molecular formula is C21H19F6N4OP. The zero-order valence-electron chi connectivity index (χ0n) is 17.7. The van der Waals surface area contributed by atoms with E-state index in [9.17, 15) is 30.9 Å². The lowest BCUT2D eigenvalue weighted by Crippen LogP contribution is -2.23. The summed E-state index contributed by atoms with van der Waals surface area (Å²) in [5.74, 6) is 0.557. The molecule has 1 aromatic heterocycles. The quantitative estimate of drug-likeness (QED) is 0.314. The lowest BCUT2D eigenvalue weighted by Gasteiger charge is -2.21. The van der Waals surface area contributed by atoms with Crippen molar-refractivity contribution in [3.8, 4) is 0 Å². The van der Waals surface area contributed by atoms with Crippen molar-refractivity contribution >= 4 is 36.2 Å². The molecule has 5 nitrogen and oxygen atoms in total. The normalized spacial score (nSPS) is 13.4. The third-order valence-corrected chi connectivity index (χ3v) is 5.57. The third kappa shape index (κ3) is 5.71. The summed E-state index contributed by atoms with van der Waals surface area (Å²) in [5, 5.41) is 5.70. The van der Waals surface area contributed by atoms with Crippen LogP contribution in [0.15, 0.2) is 30.3 Å². The van der Waals surface area contributed by atoms with E-state index in [0.29, 0.717) is 16.8 Å². The van der Waals surface area contributed by atoms with Gasteiger partial charge in [-0.25, -0.2) is 9.97 Å². The Morgan fingerprint density at radius 2 is 1.76 bits per heavy atom. The number of halogens is 6. The zero-order chi connectivity index (χ0) is 24.6. The largest absolute Gasteiger partial charge is 0.416 e. The van der Waals surface area contributed by atoms with Crippen molar-refractivity contribution < 1.29 is 30.9 Å². The summed E-state index contributed by atoms with van der Waals surface area (Å²) >= 11 is 0. The summed E-state index contributed by atoms with van der Waals surface area (Å²) in [7, 11) is -0.521. The first-order valence-electron chi connectivity index (χ1n) is 9.70. The highest BCUT2D eigenvalue weighted by molar-refractivity contribution is 7.34. The van der Waals surface area contributed by atoms with Gasteiger partial charge in [0.25, 0.3) is 0 Å². The van der Waals surface area contributed by atoms with Gasteiger partial charge in [0, 0.05) is 5.39 Å². The van der Waals surface area contributed by atoms with E-state index in [1.165, 1.54) is 25.1 Å². The van der Waals surface area contributed by atoms with Crippen LogP contribution in [-0.4, -0.2) is 22.7 Å². The number of hydrogen-bond acceptors (Lipinski definition) is 5. The van der Waals surface area contributed by atoms with Crippen molar-refractivity contribution in [1.29, 1.82) is 0 Å². The van der Waals surface area contributed by atoms with Gasteiger partial charge in [0.2, 0.25) is 0 Å². The average molecular weight is 488 g/mol. The Hall–Kier alpha value is -2.94. The first-order chi connectivity index (χ1) is 15.3. The molecule has 2 N–H and O–H groups in total. The van der Waals surface area contributed by atoms with E-state index in [0.717, 1.165) is 6.07 Å². The topological polar surface area (TPSA) is 66.9 Å². The van der Waals surface area contributed by atoms with Crippen LogP contribution in [0.3, 0.4) is 0 Å². The lowest BCUT2D eigenvalue weighted by atomic mass is 9.97. The van der Waals surface area contributed by atoms with Gasteiger partial charge in [-0.15, -0.1) is 0 Å². The summed E-state index contributed by atoms with van der Waals surface area (Å²) in [6, 6.07) is 6.02. The molecule has 1 unspecified atom stereocenters. The first kappa shape index (κ1) is 24.7. The number of aromatic nitrogens is 2. The van der Waals surface area contributed by atoms with Crippen molar-refractivity contribution in [1.82, 2.24) is 9.97 Å². The van der Waals surface area contributed by atoms with Gasteiger partial charge in [-0.3, -0.25) is 4.57 Å². The van der Waals surface area contributed by atoms with E-state index in [2.05, 4.69) is 20.6 Å². The first-order valence-corrected chi connectivity index (χ1v) is 10.5. The van der Waals surface area contributed by atoms with Crippen LogP contribution in [0.5, 0.6) is 0 Å². The second-order valence-corrected chi connectivity index (χ2v) is 8.11. The summed E-state index contributed by atoms with van der Waals surface area (Å²) in [5.41, 5.74) is 0.0138. The summed E-state index contributed by atoms with van der Waals surface area (Å²) < 4.78 is 89.3. The van der Waals surface area contributed by atoms with Gasteiger partial charge >= 0.3 is 12.4 Å². The molecule has 0 bridgehead atoms. The molecule has 2 aromatic carbocycles. The summed E-state index contributed by atoms with van der Waals surface area (Å²) in [4.78, 5) is 8.54. The van der Waals surface area contributed by atoms with Crippen LogP contribution in [-0.2, 0) is 10.7 Å². The van der Waals surface area contributed by atoms with Crippen LogP contribution >= 0.6 is 8.46 Å². The van der Waals surface area contributed by atoms with Gasteiger partial charge in [-0.2, -0.15) is 26.3 Å². The molecular weight excluding hydrogens is 469 g/mol. The van der Waals surface area contributed by atoms with E-state index in [-0.39, 0.29) is 27.9 Å². The molecule has 3 rings (SSSR count). The van der Waals surface area contributed by atoms with E-state index >= 15 is 0 Å². The van der Waals surface area contributed by atoms with Crippen LogP contribution in [0.1, 0.15) is 35.5 Å². The van der Waals surface area contributed by atoms with Crippen molar-refractivity contribution in [2.75, 3.05) is 17.2 Å². The van der Waals surface area contributed by atoms with Gasteiger partial charge in [0.05, 0.1) is 28.1 Å². The molecule has 0 aliphatic rings. The minimum Gasteiger partial charge on any atom is -0.376 e. The molecule has 1 atom stereocenters. The molecule has 0 amide bonds. The number of hydrogen-bond donors (Lipinski definition) is 2. The van der Waals surface area contributed by atoms with E-state index in [1.807, 2.05) is 0 Å². The van der Waals surface area contributed by atoms with Gasteiger partial charge in [-0.05, 0) is 50.1 Å². The predicted molar refractivity (Wildman–Crippen MR) is 114 cm³/mol. The number of benzene rings is 2. The fourth-order valence-corrected chi connectivity index (χ4v) is 3.94. The third-order valence-electron chi connectivity index (χ3n) is 5.00. The molecule has 0 fully saturated rings. The molecule has 176 valence electrons. The van der Waals surface area contributed by atoms with Gasteiger partial charge in [0.1, 0.15) is 18.2 Å². The molecule has 0 saturated carbocycles. The molecule has 1 heterocycles. The number of nitrogens with one attached hydrogen (secondary N) is 2. The smallest absolute Gasteiger partial charge is 0.376 e. The van der Waals surface area contributed by atoms with Crippen LogP contribution < -0.4 is 15.9 Å².